The Morgan fingerprint density at radius 2 is 2.25 bits per heavy atom. The highest BCUT2D eigenvalue weighted by Gasteiger charge is 2.37. The fraction of sp³-hybridized carbons (Fsp3) is 0.375. The summed E-state index contributed by atoms with van der Waals surface area (Å²) in [6, 6.07) is 4.64. The highest BCUT2D eigenvalue weighted by molar-refractivity contribution is 6.47. The second-order valence-corrected chi connectivity index (χ2v) is 6.49. The lowest BCUT2D eigenvalue weighted by Gasteiger charge is -2.28. The van der Waals surface area contributed by atoms with Crippen LogP contribution in [0, 0.1) is 0 Å². The molecule has 1 aromatic heterocycles. The molecular weight excluding hydrogens is 369 g/mol. The molecule has 0 aliphatic carbocycles. The normalized spacial score (nSPS) is 16.8. The Balaban J connectivity index is 1.62. The van der Waals surface area contributed by atoms with Crippen molar-refractivity contribution >= 4 is 19.0 Å². The lowest BCUT2D eigenvalue weighted by Crippen LogP contribution is -2.53. The number of carbonyl (C=O) groups is 2. The Hall–Kier alpha value is -2.96. The maximum atomic E-state index is 12.3. The monoisotopic (exact) mass is 389 g/mol. The van der Waals surface area contributed by atoms with Crippen LogP contribution in [0.15, 0.2) is 24.4 Å². The molecule has 28 heavy (non-hydrogen) atoms. The number of benzene rings is 1. The van der Waals surface area contributed by atoms with Crippen LogP contribution in [-0.2, 0) is 24.2 Å². The lowest BCUT2D eigenvalue weighted by atomic mass is 9.72. The van der Waals surface area contributed by atoms with E-state index in [1.54, 1.807) is 12.1 Å². The second-order valence-electron chi connectivity index (χ2n) is 6.49. The zero-order chi connectivity index (χ0) is 20.3. The number of fused-ring (bicyclic) bond motifs is 1. The number of amides is 1. The highest BCUT2D eigenvalue weighted by atomic mass is 16.5. The predicted octanol–water partition coefficient (Wildman–Crippen LogP) is -2.02. The van der Waals surface area contributed by atoms with Crippen LogP contribution >= 0.6 is 0 Å². The van der Waals surface area contributed by atoms with Crippen LogP contribution < -0.4 is 15.7 Å². The fourth-order valence-corrected chi connectivity index (χ4v) is 2.95. The second kappa shape index (κ2) is 8.38. The topological polar surface area (TPSA) is 173 Å². The number of rotatable bonds is 7. The van der Waals surface area contributed by atoms with Gasteiger partial charge in [-0.2, -0.15) is 0 Å². The van der Waals surface area contributed by atoms with E-state index < -0.39 is 31.0 Å². The molecule has 1 aliphatic heterocycles. The van der Waals surface area contributed by atoms with Crippen LogP contribution in [0.4, 0.5) is 0 Å². The van der Waals surface area contributed by atoms with Gasteiger partial charge >= 0.3 is 13.1 Å². The van der Waals surface area contributed by atoms with E-state index in [1.807, 2.05) is 0 Å². The Kier molecular flexibility index (Phi) is 5.92. The van der Waals surface area contributed by atoms with E-state index in [-0.39, 0.29) is 37.2 Å². The van der Waals surface area contributed by atoms with Gasteiger partial charge in [-0.3, -0.25) is 4.79 Å². The standard InChI is InChI=1S/C16H20BN5O6/c18-6-11(23)5-10-7-22(21-20-10)8-14(24)19-13-4-9-2-1-3-12(16(25)26)15(9)28-17(13)27/h1-3,7,11,13,23,27H,4-6,8,18H2,(H,19,24)(H,25,26)/t11?,13-/m0/s1. The van der Waals surface area contributed by atoms with Crippen molar-refractivity contribution in [2.75, 3.05) is 6.54 Å². The number of aliphatic hydroxyl groups excluding tert-OH is 1. The van der Waals surface area contributed by atoms with Crippen molar-refractivity contribution in [2.24, 2.45) is 5.73 Å². The van der Waals surface area contributed by atoms with Gasteiger partial charge in [-0.15, -0.1) is 5.10 Å². The van der Waals surface area contributed by atoms with Crippen molar-refractivity contribution in [3.63, 3.8) is 0 Å². The minimum atomic E-state index is -1.39. The first kappa shape index (κ1) is 19.8. The summed E-state index contributed by atoms with van der Waals surface area (Å²) in [5.41, 5.74) is 6.38. The zero-order valence-corrected chi connectivity index (χ0v) is 14.9. The Morgan fingerprint density at radius 3 is 2.96 bits per heavy atom. The fourth-order valence-electron chi connectivity index (χ4n) is 2.95. The number of carboxylic acids is 1. The minimum absolute atomic E-state index is 0.0452. The van der Waals surface area contributed by atoms with E-state index in [4.69, 9.17) is 10.4 Å². The quantitative estimate of drug-likeness (QED) is 0.335. The van der Waals surface area contributed by atoms with E-state index in [0.717, 1.165) is 0 Å². The van der Waals surface area contributed by atoms with Crippen molar-refractivity contribution in [2.45, 2.75) is 31.4 Å². The summed E-state index contributed by atoms with van der Waals surface area (Å²) in [4.78, 5) is 23.5. The van der Waals surface area contributed by atoms with Gasteiger partial charge in [0.1, 0.15) is 12.3 Å². The summed E-state index contributed by atoms with van der Waals surface area (Å²) in [5.74, 6) is -2.23. The summed E-state index contributed by atoms with van der Waals surface area (Å²) < 4.78 is 6.64. The van der Waals surface area contributed by atoms with Crippen molar-refractivity contribution in [3.05, 3.63) is 41.2 Å². The highest BCUT2D eigenvalue weighted by Crippen LogP contribution is 2.30. The van der Waals surface area contributed by atoms with Gasteiger partial charge < -0.3 is 30.9 Å². The molecule has 1 aliphatic rings. The van der Waals surface area contributed by atoms with Gasteiger partial charge in [0.25, 0.3) is 0 Å². The number of nitrogens with two attached hydrogens (primary N) is 1. The molecule has 0 radical (unpaired) electrons. The number of aromatic nitrogens is 3. The summed E-state index contributed by atoms with van der Waals surface area (Å²) in [7, 11) is -1.39. The molecule has 0 saturated carbocycles. The average molecular weight is 389 g/mol. The molecule has 1 unspecified atom stereocenters. The Morgan fingerprint density at radius 1 is 1.46 bits per heavy atom. The van der Waals surface area contributed by atoms with Gasteiger partial charge in [0.15, 0.2) is 0 Å². The molecule has 6 N–H and O–H groups in total. The lowest BCUT2D eigenvalue weighted by molar-refractivity contribution is -0.122. The number of carbonyl (C=O) groups excluding carboxylic acids is 1. The Bertz CT molecular complexity index is 875. The largest absolute Gasteiger partial charge is 0.547 e. The van der Waals surface area contributed by atoms with Crippen molar-refractivity contribution in [1.29, 1.82) is 0 Å². The molecule has 0 fully saturated rings. The first-order valence-corrected chi connectivity index (χ1v) is 8.63. The number of carboxylic acid groups (broad SMARTS) is 1. The first-order valence-electron chi connectivity index (χ1n) is 8.63. The van der Waals surface area contributed by atoms with E-state index in [9.17, 15) is 24.8 Å². The average Bonchev–Trinajstić information content (AvgIpc) is 3.08. The van der Waals surface area contributed by atoms with E-state index in [1.165, 1.54) is 16.9 Å². The van der Waals surface area contributed by atoms with Crippen molar-refractivity contribution < 1.29 is 29.5 Å². The third-order valence-electron chi connectivity index (χ3n) is 4.30. The van der Waals surface area contributed by atoms with Crippen LogP contribution in [0.25, 0.3) is 0 Å². The minimum Gasteiger partial charge on any atom is -0.534 e. The third-order valence-corrected chi connectivity index (χ3v) is 4.30. The molecule has 2 heterocycles. The molecule has 0 saturated heterocycles. The Labute approximate surface area is 160 Å². The molecular formula is C16H20BN5O6. The SMILES string of the molecule is NCC(O)Cc1cn(CC(=O)N[C@H]2Cc3cccc(C(=O)O)c3OB2O)nn1. The molecule has 0 bridgehead atoms. The van der Waals surface area contributed by atoms with E-state index >= 15 is 0 Å². The summed E-state index contributed by atoms with van der Waals surface area (Å²) in [6.07, 6.45) is 1.25. The third kappa shape index (κ3) is 4.47. The van der Waals surface area contributed by atoms with E-state index in [2.05, 4.69) is 15.6 Å². The molecule has 2 aromatic rings. The van der Waals surface area contributed by atoms with Crippen LogP contribution in [0.3, 0.4) is 0 Å². The van der Waals surface area contributed by atoms with Gasteiger partial charge in [0.05, 0.1) is 23.3 Å². The van der Waals surface area contributed by atoms with Gasteiger partial charge in [-0.1, -0.05) is 17.3 Å². The first-order chi connectivity index (χ1) is 13.4. The van der Waals surface area contributed by atoms with Crippen LogP contribution in [0.2, 0.25) is 0 Å². The molecule has 2 atom stereocenters. The van der Waals surface area contributed by atoms with Crippen LogP contribution in [0.5, 0.6) is 5.75 Å². The number of para-hydroxylation sites is 1. The van der Waals surface area contributed by atoms with Crippen LogP contribution in [0.1, 0.15) is 21.6 Å². The molecule has 12 heteroatoms. The van der Waals surface area contributed by atoms with Crippen molar-refractivity contribution in [1.82, 2.24) is 20.3 Å². The van der Waals surface area contributed by atoms with Gasteiger partial charge in [-0.25, -0.2) is 9.48 Å². The number of nitrogens with one attached hydrogen (secondary N) is 1. The molecule has 1 aromatic carbocycles. The van der Waals surface area contributed by atoms with E-state index in [0.29, 0.717) is 11.3 Å². The zero-order valence-electron chi connectivity index (χ0n) is 14.9. The molecule has 148 valence electrons. The van der Waals surface area contributed by atoms with Gasteiger partial charge in [-0.05, 0) is 18.1 Å². The number of aliphatic hydroxyl groups is 1. The van der Waals surface area contributed by atoms with Crippen molar-refractivity contribution in [3.8, 4) is 5.75 Å². The molecule has 11 nitrogen and oxygen atoms in total. The number of hydrogen-bond donors (Lipinski definition) is 5. The molecule has 0 spiro atoms. The molecule has 3 rings (SSSR count). The van der Waals surface area contributed by atoms with Crippen LogP contribution in [-0.4, -0.2) is 67.8 Å². The maximum Gasteiger partial charge on any atom is 0.547 e. The van der Waals surface area contributed by atoms with Gasteiger partial charge in [0, 0.05) is 19.2 Å². The number of aromatic carboxylic acids is 1. The maximum absolute atomic E-state index is 12.3. The number of hydrogen-bond acceptors (Lipinski definition) is 8. The number of nitrogens with zero attached hydrogens (tertiary/aromatic N) is 3. The van der Waals surface area contributed by atoms with Gasteiger partial charge in [0.2, 0.25) is 5.91 Å². The summed E-state index contributed by atoms with van der Waals surface area (Å²) in [5, 5.41) is 39.2. The smallest absolute Gasteiger partial charge is 0.534 e. The summed E-state index contributed by atoms with van der Waals surface area (Å²) in [6.45, 7) is -0.0467. The predicted molar refractivity (Wildman–Crippen MR) is 96.4 cm³/mol. The molecule has 1 amide bonds. The summed E-state index contributed by atoms with van der Waals surface area (Å²) >= 11 is 0.